The fraction of sp³-hybridized carbons (Fsp3) is 0.348. The second-order valence-electron chi connectivity index (χ2n) is 8.52. The average Bonchev–Trinajstić information content (AvgIpc) is 3.35. The lowest BCUT2D eigenvalue weighted by Crippen LogP contribution is -2.46. The van der Waals surface area contributed by atoms with Crippen LogP contribution < -0.4 is 5.32 Å². The van der Waals surface area contributed by atoms with Crippen LogP contribution >= 0.6 is 0 Å². The third-order valence-corrected chi connectivity index (χ3v) is 6.46. The molecule has 7 heteroatoms. The van der Waals surface area contributed by atoms with Crippen LogP contribution in [0.2, 0.25) is 0 Å². The highest BCUT2D eigenvalue weighted by Gasteiger charge is 2.46. The van der Waals surface area contributed by atoms with Crippen molar-refractivity contribution in [3.05, 3.63) is 59.4 Å². The fourth-order valence-corrected chi connectivity index (χ4v) is 4.41. The molecule has 0 unspecified atom stereocenters. The van der Waals surface area contributed by atoms with Crippen LogP contribution in [-0.2, 0) is 4.79 Å². The molecule has 0 aliphatic heterocycles. The van der Waals surface area contributed by atoms with E-state index in [1.165, 1.54) is 18.2 Å². The summed E-state index contributed by atoms with van der Waals surface area (Å²) in [4.78, 5) is 15.6. The van der Waals surface area contributed by atoms with E-state index in [9.17, 15) is 23.1 Å². The van der Waals surface area contributed by atoms with E-state index < -0.39 is 17.2 Å². The van der Waals surface area contributed by atoms with Crippen LogP contribution in [0.4, 0.5) is 13.2 Å². The molecule has 1 amide bonds. The first-order chi connectivity index (χ1) is 14.4. The van der Waals surface area contributed by atoms with Crippen molar-refractivity contribution in [2.45, 2.75) is 37.1 Å². The first-order valence-electron chi connectivity index (χ1n) is 10.1. The third-order valence-electron chi connectivity index (χ3n) is 6.46. The topological polar surface area (TPSA) is 65.1 Å². The fourth-order valence-electron chi connectivity index (χ4n) is 4.41. The molecule has 2 aliphatic rings. The van der Waals surface area contributed by atoms with Gasteiger partial charge in [0.25, 0.3) is 0 Å². The van der Waals surface area contributed by atoms with Crippen LogP contribution in [0.15, 0.2) is 36.4 Å². The molecule has 3 N–H and O–H groups in total. The normalized spacial score (nSPS) is 22.0. The van der Waals surface area contributed by atoms with E-state index in [0.717, 1.165) is 24.5 Å². The van der Waals surface area contributed by atoms with Crippen LogP contribution in [0.5, 0.6) is 0 Å². The van der Waals surface area contributed by atoms with Crippen molar-refractivity contribution in [2.24, 2.45) is 5.92 Å². The first kappa shape index (κ1) is 19.2. The summed E-state index contributed by atoms with van der Waals surface area (Å²) >= 11 is 0. The molecule has 1 heterocycles. The van der Waals surface area contributed by atoms with Gasteiger partial charge in [-0.05, 0) is 73.1 Å². The predicted octanol–water partition coefficient (Wildman–Crippen LogP) is 4.39. The van der Waals surface area contributed by atoms with E-state index in [1.807, 2.05) is 0 Å². The van der Waals surface area contributed by atoms with Crippen LogP contribution in [0.3, 0.4) is 0 Å². The van der Waals surface area contributed by atoms with Gasteiger partial charge in [0.05, 0.1) is 23.4 Å². The molecule has 30 heavy (non-hydrogen) atoms. The van der Waals surface area contributed by atoms with Gasteiger partial charge in [-0.2, -0.15) is 0 Å². The molecule has 0 atom stereocenters. The van der Waals surface area contributed by atoms with Gasteiger partial charge in [0.1, 0.15) is 17.5 Å². The molecule has 2 aliphatic carbocycles. The molecule has 156 valence electrons. The zero-order valence-electron chi connectivity index (χ0n) is 16.1. The summed E-state index contributed by atoms with van der Waals surface area (Å²) in [5.41, 5.74) is 1.78. The van der Waals surface area contributed by atoms with Gasteiger partial charge >= 0.3 is 0 Å². The van der Waals surface area contributed by atoms with Gasteiger partial charge < -0.3 is 15.4 Å². The quantitative estimate of drug-likeness (QED) is 0.580. The standard InChI is InChI=1S/C23H21F3N2O2/c24-15-3-1-12(2-4-15)20-19(17-9-16(25)10-18(26)21(17)27-20)13-7-14(8-13)22(30)28-23(11-29)5-6-23/h1-4,9-10,13-14,27,29H,5-8,11H2,(H,28,30)/t13-,14-. The van der Waals surface area contributed by atoms with Gasteiger partial charge in [-0.15, -0.1) is 0 Å². The van der Waals surface area contributed by atoms with Crippen LogP contribution in [0.1, 0.15) is 37.2 Å². The summed E-state index contributed by atoms with van der Waals surface area (Å²) in [6.45, 7) is -0.0649. The number of benzene rings is 2. The number of halogens is 3. The highest BCUT2D eigenvalue weighted by molar-refractivity contribution is 5.92. The highest BCUT2D eigenvalue weighted by atomic mass is 19.1. The molecule has 2 saturated carbocycles. The maximum atomic E-state index is 14.4. The van der Waals surface area contributed by atoms with Crippen LogP contribution in [0.25, 0.3) is 22.2 Å². The number of H-pyrrole nitrogens is 1. The maximum absolute atomic E-state index is 14.4. The van der Waals surface area contributed by atoms with Crippen molar-refractivity contribution in [3.8, 4) is 11.3 Å². The van der Waals surface area contributed by atoms with Crippen LogP contribution in [0, 0.1) is 23.4 Å². The van der Waals surface area contributed by atoms with E-state index in [1.54, 1.807) is 12.1 Å². The van der Waals surface area contributed by atoms with Crippen molar-refractivity contribution in [3.63, 3.8) is 0 Å². The zero-order valence-corrected chi connectivity index (χ0v) is 16.1. The number of amides is 1. The van der Waals surface area contributed by atoms with Crippen LogP contribution in [-0.4, -0.2) is 28.1 Å². The Kier molecular flexibility index (Phi) is 4.39. The average molecular weight is 414 g/mol. The highest BCUT2D eigenvalue weighted by Crippen LogP contribution is 2.49. The molecule has 0 saturated heterocycles. The van der Waals surface area contributed by atoms with E-state index in [4.69, 9.17) is 0 Å². The molecule has 0 radical (unpaired) electrons. The molecule has 3 aromatic rings. The Morgan fingerprint density at radius 3 is 2.43 bits per heavy atom. The van der Waals surface area contributed by atoms with Gasteiger partial charge in [-0.3, -0.25) is 4.79 Å². The van der Waals surface area contributed by atoms with E-state index in [-0.39, 0.29) is 35.7 Å². The van der Waals surface area contributed by atoms with Crippen molar-refractivity contribution in [1.82, 2.24) is 10.3 Å². The number of rotatable bonds is 5. The van der Waals surface area contributed by atoms with Crippen molar-refractivity contribution in [1.29, 1.82) is 0 Å². The lowest BCUT2D eigenvalue weighted by Gasteiger charge is -2.36. The number of aliphatic hydroxyl groups is 1. The number of hydrogen-bond acceptors (Lipinski definition) is 2. The second-order valence-corrected chi connectivity index (χ2v) is 8.52. The number of hydrogen-bond donors (Lipinski definition) is 3. The Balaban J connectivity index is 1.48. The zero-order chi connectivity index (χ0) is 21.0. The Morgan fingerprint density at radius 2 is 1.80 bits per heavy atom. The van der Waals surface area contributed by atoms with Crippen molar-refractivity contribution < 1.29 is 23.1 Å². The number of fused-ring (bicyclic) bond motifs is 1. The minimum Gasteiger partial charge on any atom is -0.394 e. The van der Waals surface area contributed by atoms with Gasteiger partial charge in [-0.1, -0.05) is 0 Å². The molecular weight excluding hydrogens is 393 g/mol. The number of aromatic nitrogens is 1. The van der Waals surface area contributed by atoms with Gasteiger partial charge in [0.15, 0.2) is 0 Å². The number of carbonyl (C=O) groups is 1. The summed E-state index contributed by atoms with van der Waals surface area (Å²) in [7, 11) is 0. The van der Waals surface area contributed by atoms with Crippen molar-refractivity contribution in [2.75, 3.05) is 6.61 Å². The Morgan fingerprint density at radius 1 is 1.10 bits per heavy atom. The number of aromatic amines is 1. The minimum absolute atomic E-state index is 0.0555. The Hall–Kier alpha value is -2.80. The van der Waals surface area contributed by atoms with Crippen molar-refractivity contribution >= 4 is 16.8 Å². The second kappa shape index (κ2) is 6.87. The lowest BCUT2D eigenvalue weighted by atomic mass is 9.69. The predicted molar refractivity (Wildman–Crippen MR) is 106 cm³/mol. The largest absolute Gasteiger partial charge is 0.394 e. The Bertz CT molecular complexity index is 1130. The van der Waals surface area contributed by atoms with Gasteiger partial charge in [-0.25, -0.2) is 13.2 Å². The summed E-state index contributed by atoms with van der Waals surface area (Å²) in [6, 6.07) is 7.97. The minimum atomic E-state index is -0.688. The third kappa shape index (κ3) is 3.17. The SMILES string of the molecule is O=C(NC1(CO)CC1)[C@H]1C[C@H](c2c(-c3ccc(F)cc3)[nH]c3c(F)cc(F)cc32)C1. The first-order valence-corrected chi connectivity index (χ1v) is 10.1. The van der Waals surface area contributed by atoms with Gasteiger partial charge in [0, 0.05) is 17.4 Å². The lowest BCUT2D eigenvalue weighted by molar-refractivity contribution is -0.129. The molecular formula is C23H21F3N2O2. The summed E-state index contributed by atoms with van der Waals surface area (Å²) in [5.74, 6) is -2.08. The summed E-state index contributed by atoms with van der Waals surface area (Å²) < 4.78 is 41.8. The number of aliphatic hydroxyl groups excluding tert-OH is 1. The number of nitrogens with one attached hydrogen (secondary N) is 2. The van der Waals surface area contributed by atoms with E-state index in [2.05, 4.69) is 10.3 Å². The molecule has 2 aromatic carbocycles. The van der Waals surface area contributed by atoms with Gasteiger partial charge in [0.2, 0.25) is 5.91 Å². The smallest absolute Gasteiger partial charge is 0.223 e. The summed E-state index contributed by atoms with van der Waals surface area (Å²) in [5, 5.41) is 12.8. The summed E-state index contributed by atoms with van der Waals surface area (Å²) in [6.07, 6.45) is 2.65. The molecule has 0 bridgehead atoms. The molecule has 2 fully saturated rings. The number of carbonyl (C=O) groups excluding carboxylic acids is 1. The van der Waals surface area contributed by atoms with E-state index >= 15 is 0 Å². The molecule has 4 nitrogen and oxygen atoms in total. The monoisotopic (exact) mass is 414 g/mol. The molecule has 1 aromatic heterocycles. The Labute approximate surface area is 171 Å². The molecule has 0 spiro atoms. The molecule has 5 rings (SSSR count). The van der Waals surface area contributed by atoms with E-state index in [0.29, 0.717) is 29.5 Å². The maximum Gasteiger partial charge on any atom is 0.223 e.